The van der Waals surface area contributed by atoms with Crippen LogP contribution in [-0.2, 0) is 0 Å². The molecule has 0 bridgehead atoms. The molecule has 15 heteroatoms. The summed E-state index contributed by atoms with van der Waals surface area (Å²) in [6, 6.07) is 64.2. The molecule has 0 spiro atoms. The quantitative estimate of drug-likeness (QED) is 0.128. The number of aryl methyl sites for hydroxylation is 9. The van der Waals surface area contributed by atoms with Gasteiger partial charge in [-0.1, -0.05) is 167 Å². The Morgan fingerprint density at radius 1 is 0.256 bits per heavy atom. The Morgan fingerprint density at radius 3 is 1.31 bits per heavy atom. The van der Waals surface area contributed by atoms with Crippen molar-refractivity contribution in [2.75, 3.05) is 0 Å². The van der Waals surface area contributed by atoms with Crippen LogP contribution in [0.15, 0.2) is 195 Å². The molecule has 0 atom stereocenters. The van der Waals surface area contributed by atoms with E-state index in [2.05, 4.69) is 362 Å². The van der Waals surface area contributed by atoms with Gasteiger partial charge >= 0.3 is 0 Å². The first kappa shape index (κ1) is 89.0. The Morgan fingerprint density at radius 2 is 0.675 bits per heavy atom. The highest BCUT2D eigenvalue weighted by atomic mass is 32.1. The number of pyridine rings is 3. The molecule has 0 aliphatic rings. The number of hydrogen-bond acceptors (Lipinski definition) is 12. The number of aromatic amines is 3. The van der Waals surface area contributed by atoms with Gasteiger partial charge in [0.2, 0.25) is 0 Å². The van der Waals surface area contributed by atoms with Crippen LogP contribution in [0.25, 0.3) is 96.7 Å². The maximum absolute atomic E-state index is 5.50. The summed E-state index contributed by atoms with van der Waals surface area (Å²) in [4.78, 5) is 39.4. The number of imidazole rings is 1. The minimum Gasteiger partial charge on any atom is -0.461 e. The van der Waals surface area contributed by atoms with Crippen LogP contribution < -0.4 is 0 Å². The maximum atomic E-state index is 5.50. The molecule has 3 N–H and O–H groups in total. The van der Waals surface area contributed by atoms with E-state index < -0.39 is 0 Å². The van der Waals surface area contributed by atoms with Gasteiger partial charge in [0.05, 0.1) is 47.5 Å². The van der Waals surface area contributed by atoms with Crippen molar-refractivity contribution in [3.05, 3.63) is 282 Å². The van der Waals surface area contributed by atoms with Gasteiger partial charge in [0.1, 0.15) is 34.0 Å². The number of nitrogens with zero attached hydrogens (tertiary/aromatic N) is 6. The zero-order valence-corrected chi connectivity index (χ0v) is 76.6. The summed E-state index contributed by atoms with van der Waals surface area (Å²) in [6.07, 6.45) is 0. The molecule has 12 aromatic heterocycles. The zero-order chi connectivity index (χ0) is 84.8. The lowest BCUT2D eigenvalue weighted by molar-refractivity contribution is 0.561. The summed E-state index contributed by atoms with van der Waals surface area (Å²) in [5, 5.41) is 5.08. The van der Waals surface area contributed by atoms with Crippen molar-refractivity contribution in [3.63, 3.8) is 0 Å². The first-order valence-corrected chi connectivity index (χ1v) is 43.9. The number of nitrogens with one attached hydrogen (secondary N) is 3. The maximum Gasteiger partial charge on any atom is 0.192 e. The van der Waals surface area contributed by atoms with Gasteiger partial charge in [-0.05, 0) is 286 Å². The molecule has 0 aliphatic carbocycles. The predicted molar refractivity (Wildman–Crippen MR) is 505 cm³/mol. The number of oxazole rings is 1. The van der Waals surface area contributed by atoms with Gasteiger partial charge in [-0.15, -0.1) is 34.0 Å². The highest BCUT2D eigenvalue weighted by Crippen LogP contribution is 2.32. The summed E-state index contributed by atoms with van der Waals surface area (Å²) in [7, 11) is 0. The Kier molecular flexibility index (Phi) is 30.6. The summed E-state index contributed by atoms with van der Waals surface area (Å²) < 4.78 is 20.3. The molecular weight excluding hydrogens is 1500 g/mol. The monoisotopic (exact) mass is 1620 g/mol. The van der Waals surface area contributed by atoms with Gasteiger partial charge in [0.15, 0.2) is 17.1 Å². The summed E-state index contributed by atoms with van der Waals surface area (Å²) in [5.74, 6) is 8.64. The van der Waals surface area contributed by atoms with E-state index >= 15 is 0 Å². The van der Waals surface area contributed by atoms with Crippen molar-refractivity contribution in [1.29, 1.82) is 0 Å². The number of fused-ring (bicyclic) bond motifs is 9. The third kappa shape index (κ3) is 24.6. The highest BCUT2D eigenvalue weighted by Gasteiger charge is 2.13. The number of furan rings is 2. The zero-order valence-electron chi connectivity index (χ0n) is 74.1. The van der Waals surface area contributed by atoms with Crippen LogP contribution in [-0.4, -0.2) is 44.9 Å². The van der Waals surface area contributed by atoms with Crippen molar-refractivity contribution in [2.24, 2.45) is 0 Å². The third-order valence-corrected chi connectivity index (χ3v) is 23.2. The molecule has 18 rings (SSSR count). The lowest BCUT2D eigenvalue weighted by Gasteiger charge is -2.03. The van der Waals surface area contributed by atoms with Crippen LogP contribution in [0.3, 0.4) is 0 Å². The SMILES string of the molecule is Cc1cc2cc(C(C)C)ccc2[nH]1.Cc1cc2cc(C(C)C)ccc2o1.Cc1cc2cc(C(C)C)ccc2s1.Cc1cc2nc(C(C)C)ccc2[nH]1.Cc1cc2nc(C(C)C)ccc2o1.Cc1cc2nc(C(C)C)ccc2s1.Cc1nc2cc(C(C)C)ccc2o1.Cc1nc2cc(C(C)C)ccc2s1.Cc1nc2ccc(C(C)C)cc2[nH]1. The molecule has 6 aromatic carbocycles. The Labute approximate surface area is 705 Å². The first-order chi connectivity index (χ1) is 55.5. The second kappa shape index (κ2) is 40.2. The minimum absolute atomic E-state index is 0.472. The summed E-state index contributed by atoms with van der Waals surface area (Å²) in [6.45, 7) is 57.7. The van der Waals surface area contributed by atoms with E-state index in [-0.39, 0.29) is 0 Å². The van der Waals surface area contributed by atoms with Crippen molar-refractivity contribution in [2.45, 2.75) is 240 Å². The number of thiophene rings is 2. The lowest BCUT2D eigenvalue weighted by atomic mass is 10.0. The summed E-state index contributed by atoms with van der Waals surface area (Å²) in [5.41, 5.74) is 26.7. The molecule has 117 heavy (non-hydrogen) atoms. The van der Waals surface area contributed by atoms with Crippen LogP contribution in [0.5, 0.6) is 0 Å². The first-order valence-electron chi connectivity index (χ1n) is 41.5. The van der Waals surface area contributed by atoms with E-state index in [1.165, 1.54) is 96.0 Å². The number of rotatable bonds is 9. The van der Waals surface area contributed by atoms with Crippen molar-refractivity contribution in [3.8, 4) is 0 Å². The van der Waals surface area contributed by atoms with Crippen LogP contribution in [0.1, 0.15) is 278 Å². The van der Waals surface area contributed by atoms with Crippen LogP contribution in [0.2, 0.25) is 0 Å². The molecule has 0 aliphatic heterocycles. The Hall–Kier alpha value is -10.3. The molecule has 12 nitrogen and oxygen atoms in total. The van der Waals surface area contributed by atoms with E-state index in [1.54, 1.807) is 11.3 Å². The molecule has 0 saturated heterocycles. The standard InChI is InChI=1S/C12H15N.C12H14O.C12H14S.2C11H14N2.2C11H13NO.2C11H13NS/c3*1-8(2)10-4-5-12-11(7-10)6-9(3)13-12;1-7(2)9-4-5-10-11(6-9)13-8(3)12-10;1-7(2)9-4-5-10-11(13-9)6-8(3)12-10;1-7(2)9-4-5-11-10(6-9)12-8(3)13-11;1-7(2)9-4-5-11-10(12-9)6-8(3)13-11;1-7(2)9-4-5-11-10(6-9)12-8(3)13-11;1-7(2)9-4-5-11-10(12-9)6-8(3)13-11/h4-8,13H,1-3H3;2*4-8H,1-3H3;4-7H,1-3H3,(H,12,13);4-7,12H,1-3H3;4*4-7H,1-3H3. The third-order valence-electron chi connectivity index (χ3n) is 20.2. The fourth-order valence-electron chi connectivity index (χ4n) is 13.4. The molecular formula is C102H123N9O3S3. The van der Waals surface area contributed by atoms with Gasteiger partial charge in [0, 0.05) is 66.8 Å². The molecule has 0 radical (unpaired) electrons. The Balaban J connectivity index is 0.000000139. The molecule has 0 fully saturated rings. The van der Waals surface area contributed by atoms with E-state index in [9.17, 15) is 0 Å². The van der Waals surface area contributed by atoms with E-state index in [4.69, 9.17) is 13.3 Å². The summed E-state index contributed by atoms with van der Waals surface area (Å²) >= 11 is 5.44. The largest absolute Gasteiger partial charge is 0.461 e. The van der Waals surface area contributed by atoms with E-state index in [1.807, 2.05) is 74.6 Å². The van der Waals surface area contributed by atoms with E-state index in [0.29, 0.717) is 53.3 Å². The van der Waals surface area contributed by atoms with Crippen molar-refractivity contribution >= 4 is 131 Å². The number of H-pyrrole nitrogens is 3. The smallest absolute Gasteiger partial charge is 0.192 e. The van der Waals surface area contributed by atoms with Crippen molar-refractivity contribution < 1.29 is 13.3 Å². The van der Waals surface area contributed by atoms with Gasteiger partial charge in [-0.3, -0.25) is 9.97 Å². The number of benzene rings is 6. The second-order valence-corrected chi connectivity index (χ2v) is 37.4. The topological polar surface area (TPSA) is 164 Å². The van der Waals surface area contributed by atoms with Gasteiger partial charge in [0.25, 0.3) is 0 Å². The molecule has 0 saturated carbocycles. The van der Waals surface area contributed by atoms with Crippen LogP contribution >= 0.6 is 34.0 Å². The molecule has 0 unspecified atom stereocenters. The van der Waals surface area contributed by atoms with E-state index in [0.717, 1.165) is 101 Å². The molecule has 612 valence electrons. The van der Waals surface area contributed by atoms with Gasteiger partial charge in [-0.2, -0.15) is 0 Å². The van der Waals surface area contributed by atoms with Crippen molar-refractivity contribution in [1.82, 2.24) is 44.9 Å². The highest BCUT2D eigenvalue weighted by molar-refractivity contribution is 7.19. The lowest BCUT2D eigenvalue weighted by Crippen LogP contribution is -1.90. The average Bonchev–Trinajstić information content (AvgIpc) is 1.78. The van der Waals surface area contributed by atoms with Gasteiger partial charge in [-0.25, -0.2) is 19.9 Å². The number of thiazole rings is 1. The van der Waals surface area contributed by atoms with Crippen LogP contribution in [0, 0.1) is 62.3 Å². The van der Waals surface area contributed by atoms with Crippen LogP contribution in [0.4, 0.5) is 0 Å². The van der Waals surface area contributed by atoms with Gasteiger partial charge < -0.3 is 28.2 Å². The fraction of sp³-hybridized carbons (Fsp3) is 0.353. The molecule has 12 heterocycles. The average molecular weight is 1620 g/mol. The normalized spacial score (nSPS) is 11.4. The minimum atomic E-state index is 0.472. The number of aromatic nitrogens is 9. The predicted octanol–water partition coefficient (Wildman–Crippen LogP) is 31.8. The second-order valence-electron chi connectivity index (χ2n) is 33.6. The Bertz CT molecular complexity index is 5050. The number of hydrogen-bond donors (Lipinski definition) is 3. The fourth-order valence-corrected chi connectivity index (χ4v) is 15.9. The molecule has 0 amide bonds. The molecule has 18 aromatic rings.